The lowest BCUT2D eigenvalue weighted by atomic mass is 9.98. The lowest BCUT2D eigenvalue weighted by Crippen LogP contribution is -2.09. The monoisotopic (exact) mass is 416 g/mol. The Morgan fingerprint density at radius 1 is 0.839 bits per heavy atom. The number of ketones is 3. The van der Waals surface area contributed by atoms with Gasteiger partial charge in [-0.05, 0) is 42.7 Å². The van der Waals surface area contributed by atoms with E-state index < -0.39 is 0 Å². The van der Waals surface area contributed by atoms with Crippen LogP contribution < -0.4 is 4.74 Å². The van der Waals surface area contributed by atoms with Crippen LogP contribution in [0, 0.1) is 0 Å². The van der Waals surface area contributed by atoms with Gasteiger partial charge in [0, 0.05) is 17.5 Å². The number of hydrogen-bond acceptors (Lipinski definition) is 5. The Kier molecular flexibility index (Phi) is 7.33. The van der Waals surface area contributed by atoms with Crippen LogP contribution in [-0.2, 0) is 11.2 Å². The summed E-state index contributed by atoms with van der Waals surface area (Å²) in [6.07, 6.45) is 1.51. The number of methoxy groups -OCH3 is 1. The van der Waals surface area contributed by atoms with E-state index in [1.165, 1.54) is 7.11 Å². The molecule has 0 heterocycles. The first-order valence-electron chi connectivity index (χ1n) is 10.1. The van der Waals surface area contributed by atoms with Crippen molar-refractivity contribution in [1.29, 1.82) is 0 Å². The molecule has 0 aliphatic heterocycles. The molecule has 0 unspecified atom stereocenters. The van der Waals surface area contributed by atoms with Gasteiger partial charge in [0.15, 0.2) is 11.6 Å². The van der Waals surface area contributed by atoms with Gasteiger partial charge in [0.05, 0.1) is 19.1 Å². The van der Waals surface area contributed by atoms with E-state index in [0.29, 0.717) is 41.7 Å². The summed E-state index contributed by atoms with van der Waals surface area (Å²) < 4.78 is 5.24. The van der Waals surface area contributed by atoms with Crippen molar-refractivity contribution in [3.05, 3.63) is 95.1 Å². The first kappa shape index (κ1) is 22.0. The number of carbonyl (C=O) groups is 3. The van der Waals surface area contributed by atoms with E-state index in [1.54, 1.807) is 60.7 Å². The molecule has 0 saturated heterocycles. The third-order valence-corrected chi connectivity index (χ3v) is 5.04. The fourth-order valence-electron chi connectivity index (χ4n) is 3.32. The smallest absolute Gasteiger partial charge is 0.196 e. The minimum atomic E-state index is -0.258. The van der Waals surface area contributed by atoms with Gasteiger partial charge in [-0.2, -0.15) is 0 Å². The predicted octanol–water partition coefficient (Wildman–Crippen LogP) is 4.80. The maximum atomic E-state index is 12.7. The number of aryl methyl sites for hydroxylation is 1. The third-order valence-electron chi connectivity index (χ3n) is 5.04. The van der Waals surface area contributed by atoms with E-state index in [9.17, 15) is 19.5 Å². The molecular weight excluding hydrogens is 392 g/mol. The molecule has 0 aromatic heterocycles. The van der Waals surface area contributed by atoms with E-state index in [4.69, 9.17) is 4.74 Å². The van der Waals surface area contributed by atoms with Crippen LogP contribution in [0.2, 0.25) is 0 Å². The largest absolute Gasteiger partial charge is 0.508 e. The highest BCUT2D eigenvalue weighted by Gasteiger charge is 2.16. The maximum Gasteiger partial charge on any atom is 0.196 e. The molecular formula is C26H24O5. The normalized spacial score (nSPS) is 10.5. The van der Waals surface area contributed by atoms with E-state index in [0.717, 1.165) is 5.56 Å². The Morgan fingerprint density at radius 2 is 1.48 bits per heavy atom. The second-order valence-electron chi connectivity index (χ2n) is 7.27. The minimum Gasteiger partial charge on any atom is -0.508 e. The zero-order valence-corrected chi connectivity index (χ0v) is 17.3. The highest BCUT2D eigenvalue weighted by molar-refractivity contribution is 6.12. The molecule has 0 saturated carbocycles. The standard InChI is InChI=1S/C26H24O5/c1-31-25-8-3-2-7-23(25)26(30)20-13-11-19(12-14-20)24(29)17-22(28)6-4-5-18-9-15-21(27)16-10-18/h2-3,7-16,27H,4-6,17H2,1H3. The van der Waals surface area contributed by atoms with Crippen LogP contribution in [0.25, 0.3) is 0 Å². The number of phenolic OH excluding ortho intramolecular Hbond substituents is 1. The van der Waals surface area contributed by atoms with E-state index in [2.05, 4.69) is 0 Å². The molecule has 0 atom stereocenters. The molecule has 158 valence electrons. The maximum absolute atomic E-state index is 12.7. The molecule has 31 heavy (non-hydrogen) atoms. The van der Waals surface area contributed by atoms with Crippen molar-refractivity contribution >= 4 is 17.3 Å². The lowest BCUT2D eigenvalue weighted by molar-refractivity contribution is -0.118. The highest BCUT2D eigenvalue weighted by atomic mass is 16.5. The van der Waals surface area contributed by atoms with Crippen molar-refractivity contribution in [2.24, 2.45) is 0 Å². The Balaban J connectivity index is 1.54. The van der Waals surface area contributed by atoms with Gasteiger partial charge < -0.3 is 9.84 Å². The number of rotatable bonds is 10. The summed E-state index contributed by atoms with van der Waals surface area (Å²) in [4.78, 5) is 37.3. The number of aromatic hydroxyl groups is 1. The molecule has 0 radical (unpaired) electrons. The van der Waals surface area contributed by atoms with Gasteiger partial charge in [-0.25, -0.2) is 0 Å². The molecule has 5 nitrogen and oxygen atoms in total. The SMILES string of the molecule is COc1ccccc1C(=O)c1ccc(C(=O)CC(=O)CCCc2ccc(O)cc2)cc1. The second-order valence-corrected chi connectivity index (χ2v) is 7.27. The van der Waals surface area contributed by atoms with Gasteiger partial charge in [-0.3, -0.25) is 14.4 Å². The fraction of sp³-hybridized carbons (Fsp3) is 0.192. The number of hydrogen-bond donors (Lipinski definition) is 1. The predicted molar refractivity (Wildman–Crippen MR) is 118 cm³/mol. The zero-order valence-electron chi connectivity index (χ0n) is 17.3. The van der Waals surface area contributed by atoms with E-state index >= 15 is 0 Å². The molecule has 3 aromatic rings. The van der Waals surface area contributed by atoms with Crippen LogP contribution >= 0.6 is 0 Å². The Labute approximate surface area is 181 Å². The van der Waals surface area contributed by atoms with Gasteiger partial charge in [0.2, 0.25) is 0 Å². The van der Waals surface area contributed by atoms with Crippen molar-refractivity contribution < 1.29 is 24.2 Å². The summed E-state index contributed by atoms with van der Waals surface area (Å²) in [5, 5.41) is 9.29. The number of para-hydroxylation sites is 1. The summed E-state index contributed by atoms with van der Waals surface area (Å²) in [7, 11) is 1.51. The van der Waals surface area contributed by atoms with Crippen molar-refractivity contribution in [3.63, 3.8) is 0 Å². The molecule has 3 rings (SSSR count). The van der Waals surface area contributed by atoms with Crippen molar-refractivity contribution in [2.45, 2.75) is 25.7 Å². The first-order chi connectivity index (χ1) is 15.0. The minimum absolute atomic E-state index is 0.113. The van der Waals surface area contributed by atoms with E-state index in [-0.39, 0.29) is 29.5 Å². The summed E-state index contributed by atoms with van der Waals surface area (Å²) >= 11 is 0. The van der Waals surface area contributed by atoms with Crippen LogP contribution in [0.5, 0.6) is 11.5 Å². The van der Waals surface area contributed by atoms with Crippen LogP contribution in [0.1, 0.15) is 51.1 Å². The van der Waals surface area contributed by atoms with Gasteiger partial charge in [-0.15, -0.1) is 0 Å². The number of ether oxygens (including phenoxy) is 1. The number of carbonyl (C=O) groups excluding carboxylic acids is 3. The van der Waals surface area contributed by atoms with E-state index in [1.807, 2.05) is 12.1 Å². The summed E-state index contributed by atoms with van der Waals surface area (Å²) in [5.74, 6) is 0.136. The van der Waals surface area contributed by atoms with Gasteiger partial charge in [-0.1, -0.05) is 48.5 Å². The van der Waals surface area contributed by atoms with Crippen LogP contribution in [-0.4, -0.2) is 29.6 Å². The molecule has 0 spiro atoms. The van der Waals surface area contributed by atoms with Crippen LogP contribution in [0.4, 0.5) is 0 Å². The summed E-state index contributed by atoms with van der Waals surface area (Å²) in [5.41, 5.74) is 2.34. The molecule has 0 bridgehead atoms. The lowest BCUT2D eigenvalue weighted by Gasteiger charge is -2.08. The topological polar surface area (TPSA) is 80.7 Å². The summed E-state index contributed by atoms with van der Waals surface area (Å²) in [6, 6.07) is 20.2. The van der Waals surface area contributed by atoms with Crippen LogP contribution in [0.15, 0.2) is 72.8 Å². The molecule has 0 aliphatic carbocycles. The number of benzene rings is 3. The molecule has 5 heteroatoms. The highest BCUT2D eigenvalue weighted by Crippen LogP contribution is 2.21. The molecule has 3 aromatic carbocycles. The van der Waals surface area contributed by atoms with Crippen molar-refractivity contribution in [3.8, 4) is 11.5 Å². The Morgan fingerprint density at radius 3 is 2.16 bits per heavy atom. The third kappa shape index (κ3) is 5.89. The number of Topliss-reactive ketones (excluding diaryl/α,β-unsaturated/α-hetero) is 2. The van der Waals surface area contributed by atoms with Crippen LogP contribution in [0.3, 0.4) is 0 Å². The van der Waals surface area contributed by atoms with Crippen molar-refractivity contribution in [2.75, 3.05) is 7.11 Å². The Hall–Kier alpha value is -3.73. The van der Waals surface area contributed by atoms with Gasteiger partial charge in [0.25, 0.3) is 0 Å². The second kappa shape index (κ2) is 10.3. The molecule has 0 aliphatic rings. The molecule has 0 fully saturated rings. The first-order valence-corrected chi connectivity index (χ1v) is 10.1. The average Bonchev–Trinajstić information content (AvgIpc) is 2.80. The average molecular weight is 416 g/mol. The summed E-state index contributed by atoms with van der Waals surface area (Å²) in [6.45, 7) is 0. The quantitative estimate of drug-likeness (QED) is 0.379. The zero-order chi connectivity index (χ0) is 22.2. The van der Waals surface area contributed by atoms with Gasteiger partial charge >= 0.3 is 0 Å². The van der Waals surface area contributed by atoms with Gasteiger partial charge in [0.1, 0.15) is 17.3 Å². The fourth-order valence-corrected chi connectivity index (χ4v) is 3.32. The molecule has 1 N–H and O–H groups in total. The van der Waals surface area contributed by atoms with Crippen molar-refractivity contribution in [1.82, 2.24) is 0 Å². The Bertz CT molecular complexity index is 1070. The molecule has 0 amide bonds. The number of phenols is 1.